The van der Waals surface area contributed by atoms with Gasteiger partial charge in [0.15, 0.2) is 17.3 Å². The molecule has 1 amide bonds. The molecule has 0 atom stereocenters. The summed E-state index contributed by atoms with van der Waals surface area (Å²) in [5.41, 5.74) is 2.14. The third-order valence-electron chi connectivity index (χ3n) is 3.62. The summed E-state index contributed by atoms with van der Waals surface area (Å²) >= 11 is 0. The molecule has 0 spiro atoms. The van der Waals surface area contributed by atoms with Gasteiger partial charge in [0.1, 0.15) is 0 Å². The van der Waals surface area contributed by atoms with Gasteiger partial charge < -0.3 is 20.1 Å². The summed E-state index contributed by atoms with van der Waals surface area (Å²) in [5.74, 6) is 1.09. The molecule has 0 aromatic heterocycles. The Labute approximate surface area is 147 Å². The Morgan fingerprint density at radius 2 is 1.76 bits per heavy atom. The largest absolute Gasteiger partial charge is 0.493 e. The quantitative estimate of drug-likeness (QED) is 0.721. The van der Waals surface area contributed by atoms with Crippen molar-refractivity contribution in [1.29, 1.82) is 0 Å². The van der Waals surface area contributed by atoms with Crippen molar-refractivity contribution in [2.24, 2.45) is 0 Å². The Balaban J connectivity index is 1.86. The van der Waals surface area contributed by atoms with Crippen LogP contribution in [0.15, 0.2) is 42.5 Å². The first-order valence-corrected chi connectivity index (χ1v) is 7.86. The lowest BCUT2D eigenvalue weighted by Gasteiger charge is -2.10. The molecule has 132 valence electrons. The zero-order chi connectivity index (χ0) is 18.2. The van der Waals surface area contributed by atoms with Gasteiger partial charge in [-0.2, -0.15) is 0 Å². The zero-order valence-corrected chi connectivity index (χ0v) is 14.6. The highest BCUT2D eigenvalue weighted by Crippen LogP contribution is 2.27. The molecule has 2 aromatic carbocycles. The maximum absolute atomic E-state index is 12.0. The fraction of sp³-hybridized carbons (Fsp3) is 0.263. The first-order chi connectivity index (χ1) is 12.0. The van der Waals surface area contributed by atoms with E-state index in [1.807, 2.05) is 18.2 Å². The molecule has 2 aromatic rings. The van der Waals surface area contributed by atoms with Crippen LogP contribution >= 0.6 is 0 Å². The number of carbonyl (C=O) groups excluding carboxylic acids is 2. The van der Waals surface area contributed by atoms with Crippen molar-refractivity contribution in [2.45, 2.75) is 13.5 Å². The lowest BCUT2D eigenvalue weighted by molar-refractivity contribution is -0.115. The number of rotatable bonds is 8. The molecule has 0 aliphatic carbocycles. The molecule has 0 radical (unpaired) electrons. The van der Waals surface area contributed by atoms with E-state index in [-0.39, 0.29) is 18.2 Å². The first kappa shape index (κ1) is 18.5. The molecule has 2 rings (SSSR count). The number of ketones is 1. The van der Waals surface area contributed by atoms with E-state index in [2.05, 4.69) is 10.6 Å². The highest BCUT2D eigenvalue weighted by Gasteiger charge is 2.07. The third-order valence-corrected chi connectivity index (χ3v) is 3.62. The summed E-state index contributed by atoms with van der Waals surface area (Å²) in [4.78, 5) is 23.4. The van der Waals surface area contributed by atoms with E-state index >= 15 is 0 Å². The summed E-state index contributed by atoms with van der Waals surface area (Å²) < 4.78 is 10.4. The molecule has 25 heavy (non-hydrogen) atoms. The fourth-order valence-corrected chi connectivity index (χ4v) is 2.33. The van der Waals surface area contributed by atoms with Crippen LogP contribution < -0.4 is 20.1 Å². The normalized spacial score (nSPS) is 10.2. The van der Waals surface area contributed by atoms with Crippen LogP contribution in [0.4, 0.5) is 5.69 Å². The van der Waals surface area contributed by atoms with Crippen molar-refractivity contribution in [1.82, 2.24) is 5.32 Å². The minimum Gasteiger partial charge on any atom is -0.493 e. The van der Waals surface area contributed by atoms with E-state index < -0.39 is 0 Å². The van der Waals surface area contributed by atoms with Crippen molar-refractivity contribution in [3.8, 4) is 11.5 Å². The SMILES string of the molecule is COc1ccc(CNCC(=O)Nc2cccc(C(C)=O)c2)cc1OC. The second-order valence-electron chi connectivity index (χ2n) is 5.48. The van der Waals surface area contributed by atoms with Crippen LogP contribution in [0.5, 0.6) is 11.5 Å². The van der Waals surface area contributed by atoms with Crippen LogP contribution in [-0.2, 0) is 11.3 Å². The van der Waals surface area contributed by atoms with Gasteiger partial charge in [-0.15, -0.1) is 0 Å². The number of Topliss-reactive ketones (excluding diaryl/α,β-unsaturated/α-hetero) is 1. The molecule has 0 heterocycles. The average molecular weight is 342 g/mol. The van der Waals surface area contributed by atoms with Crippen LogP contribution in [0.25, 0.3) is 0 Å². The van der Waals surface area contributed by atoms with Crippen molar-refractivity contribution in [2.75, 3.05) is 26.1 Å². The van der Waals surface area contributed by atoms with E-state index in [1.165, 1.54) is 6.92 Å². The van der Waals surface area contributed by atoms with Gasteiger partial charge in [0, 0.05) is 17.8 Å². The maximum atomic E-state index is 12.0. The van der Waals surface area contributed by atoms with E-state index in [0.717, 1.165) is 5.56 Å². The minimum atomic E-state index is -0.179. The molecule has 2 N–H and O–H groups in total. The molecule has 6 nitrogen and oxygen atoms in total. The van der Waals surface area contributed by atoms with Gasteiger partial charge in [0.2, 0.25) is 5.91 Å². The van der Waals surface area contributed by atoms with Gasteiger partial charge in [-0.05, 0) is 36.8 Å². The van der Waals surface area contributed by atoms with Crippen LogP contribution in [0.3, 0.4) is 0 Å². The number of amides is 1. The topological polar surface area (TPSA) is 76.7 Å². The standard InChI is InChI=1S/C19H22N2O4/c1-13(22)15-5-4-6-16(10-15)21-19(23)12-20-11-14-7-8-17(24-2)18(9-14)25-3/h4-10,20H,11-12H2,1-3H3,(H,21,23). The second kappa shape index (κ2) is 8.84. The Bertz CT molecular complexity index is 759. The number of benzene rings is 2. The van der Waals surface area contributed by atoms with E-state index in [1.54, 1.807) is 38.5 Å². The lowest BCUT2D eigenvalue weighted by atomic mass is 10.1. The van der Waals surface area contributed by atoms with Crippen LogP contribution in [-0.4, -0.2) is 32.5 Å². The van der Waals surface area contributed by atoms with Crippen molar-refractivity contribution < 1.29 is 19.1 Å². The summed E-state index contributed by atoms with van der Waals surface area (Å²) in [7, 11) is 3.17. The predicted octanol–water partition coefficient (Wildman–Crippen LogP) is 2.63. The fourth-order valence-electron chi connectivity index (χ4n) is 2.33. The Morgan fingerprint density at radius 3 is 2.44 bits per heavy atom. The third kappa shape index (κ3) is 5.32. The van der Waals surface area contributed by atoms with Crippen LogP contribution in [0, 0.1) is 0 Å². The summed E-state index contributed by atoms with van der Waals surface area (Å²) in [6.45, 7) is 2.16. The minimum absolute atomic E-state index is 0.0392. The lowest BCUT2D eigenvalue weighted by Crippen LogP contribution is -2.27. The molecular weight excluding hydrogens is 320 g/mol. The molecule has 0 unspecified atom stereocenters. The molecule has 0 aliphatic rings. The number of ether oxygens (including phenoxy) is 2. The molecule has 6 heteroatoms. The number of anilines is 1. The second-order valence-corrected chi connectivity index (χ2v) is 5.48. The molecular formula is C19H22N2O4. The van der Waals surface area contributed by atoms with Crippen LogP contribution in [0.1, 0.15) is 22.8 Å². The Kier molecular flexibility index (Phi) is 6.54. The van der Waals surface area contributed by atoms with Gasteiger partial charge in [-0.3, -0.25) is 9.59 Å². The zero-order valence-electron chi connectivity index (χ0n) is 14.6. The number of nitrogens with one attached hydrogen (secondary N) is 2. The molecule has 0 aliphatic heterocycles. The average Bonchev–Trinajstić information content (AvgIpc) is 2.61. The van der Waals surface area contributed by atoms with Gasteiger partial charge in [-0.25, -0.2) is 0 Å². The monoisotopic (exact) mass is 342 g/mol. The number of carbonyl (C=O) groups is 2. The Morgan fingerprint density at radius 1 is 1.00 bits per heavy atom. The number of methoxy groups -OCH3 is 2. The van der Waals surface area contributed by atoms with Gasteiger partial charge in [0.05, 0.1) is 20.8 Å². The first-order valence-electron chi connectivity index (χ1n) is 7.86. The molecule has 0 bridgehead atoms. The van der Waals surface area contributed by atoms with Gasteiger partial charge >= 0.3 is 0 Å². The van der Waals surface area contributed by atoms with Gasteiger partial charge in [0.25, 0.3) is 0 Å². The van der Waals surface area contributed by atoms with E-state index in [9.17, 15) is 9.59 Å². The van der Waals surface area contributed by atoms with E-state index in [0.29, 0.717) is 29.3 Å². The maximum Gasteiger partial charge on any atom is 0.238 e. The van der Waals surface area contributed by atoms with Gasteiger partial charge in [-0.1, -0.05) is 18.2 Å². The smallest absolute Gasteiger partial charge is 0.238 e. The summed E-state index contributed by atoms with van der Waals surface area (Å²) in [5, 5.41) is 5.84. The summed E-state index contributed by atoms with van der Waals surface area (Å²) in [6.07, 6.45) is 0. The number of hydrogen-bond acceptors (Lipinski definition) is 5. The number of hydrogen-bond donors (Lipinski definition) is 2. The highest BCUT2D eigenvalue weighted by atomic mass is 16.5. The summed E-state index contributed by atoms with van der Waals surface area (Å²) in [6, 6.07) is 12.5. The molecule has 0 saturated heterocycles. The van der Waals surface area contributed by atoms with Crippen molar-refractivity contribution in [3.05, 3.63) is 53.6 Å². The molecule has 0 fully saturated rings. The molecule has 0 saturated carbocycles. The Hall–Kier alpha value is -2.86. The predicted molar refractivity (Wildman–Crippen MR) is 96.3 cm³/mol. The van der Waals surface area contributed by atoms with Crippen molar-refractivity contribution in [3.63, 3.8) is 0 Å². The van der Waals surface area contributed by atoms with Crippen molar-refractivity contribution >= 4 is 17.4 Å². The highest BCUT2D eigenvalue weighted by molar-refractivity contribution is 5.97. The van der Waals surface area contributed by atoms with Crippen LogP contribution in [0.2, 0.25) is 0 Å². The van der Waals surface area contributed by atoms with E-state index in [4.69, 9.17) is 9.47 Å².